The van der Waals surface area contributed by atoms with Crippen LogP contribution in [0.5, 0.6) is 5.75 Å². The predicted octanol–water partition coefficient (Wildman–Crippen LogP) is 3.62. The van der Waals surface area contributed by atoms with Crippen molar-refractivity contribution in [3.8, 4) is 5.75 Å². The van der Waals surface area contributed by atoms with Crippen LogP contribution in [0, 0.1) is 11.6 Å². The molecule has 0 heterocycles. The summed E-state index contributed by atoms with van der Waals surface area (Å²) in [5, 5.41) is 10.8. The summed E-state index contributed by atoms with van der Waals surface area (Å²) in [5.41, 5.74) is -1.14. The molecule has 4 heteroatoms. The normalized spacial score (nSPS) is 13.8. The average Bonchev–Trinajstić information content (AvgIpc) is 2.47. The molecular weight excluding hydrogens is 262 g/mol. The number of ether oxygens (including phenoxy) is 1. The second-order valence-electron chi connectivity index (χ2n) is 4.54. The van der Waals surface area contributed by atoms with Crippen LogP contribution < -0.4 is 4.74 Å². The summed E-state index contributed by atoms with van der Waals surface area (Å²) in [7, 11) is 1.36. The Morgan fingerprint density at radius 1 is 1.10 bits per heavy atom. The molecule has 0 saturated heterocycles. The van der Waals surface area contributed by atoms with Gasteiger partial charge in [-0.15, -0.1) is 0 Å². The maximum atomic E-state index is 13.9. The first kappa shape index (κ1) is 14.5. The third-order valence-corrected chi connectivity index (χ3v) is 3.46. The Hall–Kier alpha value is -1.94. The van der Waals surface area contributed by atoms with E-state index in [1.165, 1.54) is 37.4 Å². The maximum Gasteiger partial charge on any atom is 0.165 e. The van der Waals surface area contributed by atoms with Crippen molar-refractivity contribution < 1.29 is 18.6 Å². The van der Waals surface area contributed by atoms with Gasteiger partial charge in [-0.05, 0) is 30.2 Å². The molecule has 0 saturated carbocycles. The lowest BCUT2D eigenvalue weighted by molar-refractivity contribution is 0.0721. The van der Waals surface area contributed by atoms with Crippen LogP contribution in [0.15, 0.2) is 42.5 Å². The highest BCUT2D eigenvalue weighted by Gasteiger charge is 2.32. The maximum absolute atomic E-state index is 13.9. The van der Waals surface area contributed by atoms with Crippen LogP contribution in [0.3, 0.4) is 0 Å². The van der Waals surface area contributed by atoms with Crippen molar-refractivity contribution in [2.75, 3.05) is 7.11 Å². The first-order valence-corrected chi connectivity index (χ1v) is 6.34. The van der Waals surface area contributed by atoms with E-state index in [9.17, 15) is 13.9 Å². The van der Waals surface area contributed by atoms with Gasteiger partial charge in [0, 0.05) is 5.56 Å². The Labute approximate surface area is 116 Å². The third kappa shape index (κ3) is 2.39. The van der Waals surface area contributed by atoms with Gasteiger partial charge in [-0.1, -0.05) is 31.2 Å². The molecule has 0 aliphatic carbocycles. The topological polar surface area (TPSA) is 29.5 Å². The van der Waals surface area contributed by atoms with Crippen LogP contribution in [-0.2, 0) is 5.60 Å². The van der Waals surface area contributed by atoms with Crippen molar-refractivity contribution in [3.05, 3.63) is 65.2 Å². The van der Waals surface area contributed by atoms with Crippen molar-refractivity contribution in [1.29, 1.82) is 0 Å². The van der Waals surface area contributed by atoms with Crippen LogP contribution in [0.25, 0.3) is 0 Å². The van der Waals surface area contributed by atoms with Crippen LogP contribution >= 0.6 is 0 Å². The van der Waals surface area contributed by atoms with Gasteiger partial charge in [-0.3, -0.25) is 0 Å². The van der Waals surface area contributed by atoms with Gasteiger partial charge in [-0.25, -0.2) is 8.78 Å². The average molecular weight is 278 g/mol. The van der Waals surface area contributed by atoms with E-state index >= 15 is 0 Å². The van der Waals surface area contributed by atoms with Gasteiger partial charge in [0.15, 0.2) is 11.6 Å². The van der Waals surface area contributed by atoms with Crippen molar-refractivity contribution >= 4 is 0 Å². The molecule has 2 aromatic rings. The third-order valence-electron chi connectivity index (χ3n) is 3.46. The van der Waals surface area contributed by atoms with Gasteiger partial charge in [0.2, 0.25) is 0 Å². The zero-order valence-corrected chi connectivity index (χ0v) is 11.4. The zero-order valence-electron chi connectivity index (χ0n) is 11.4. The summed E-state index contributed by atoms with van der Waals surface area (Å²) in [4.78, 5) is 0. The molecule has 106 valence electrons. The molecule has 1 N–H and O–H groups in total. The summed E-state index contributed by atoms with van der Waals surface area (Å²) >= 11 is 0. The summed E-state index contributed by atoms with van der Waals surface area (Å²) in [6.07, 6.45) is 0.222. The first-order chi connectivity index (χ1) is 9.52. The summed E-state index contributed by atoms with van der Waals surface area (Å²) in [5.74, 6) is -1.03. The molecule has 20 heavy (non-hydrogen) atoms. The Kier molecular flexibility index (Phi) is 4.04. The Morgan fingerprint density at radius 2 is 1.80 bits per heavy atom. The Balaban J connectivity index is 2.56. The van der Waals surface area contributed by atoms with Crippen LogP contribution in [-0.4, -0.2) is 12.2 Å². The van der Waals surface area contributed by atoms with E-state index in [-0.39, 0.29) is 17.7 Å². The van der Waals surface area contributed by atoms with E-state index < -0.39 is 17.2 Å². The fraction of sp³-hybridized carbons (Fsp3) is 0.250. The number of hydrogen-bond donors (Lipinski definition) is 1. The largest absolute Gasteiger partial charge is 0.494 e. The minimum atomic E-state index is -1.57. The highest BCUT2D eigenvalue weighted by Crippen LogP contribution is 2.35. The van der Waals surface area contributed by atoms with Crippen LogP contribution in [0.4, 0.5) is 8.78 Å². The van der Waals surface area contributed by atoms with Gasteiger partial charge in [0.1, 0.15) is 11.4 Å². The number of hydrogen-bond acceptors (Lipinski definition) is 2. The molecule has 0 bridgehead atoms. The molecule has 0 amide bonds. The quantitative estimate of drug-likeness (QED) is 0.925. The molecule has 0 fully saturated rings. The molecular formula is C16H16F2O2. The summed E-state index contributed by atoms with van der Waals surface area (Å²) < 4.78 is 32.6. The van der Waals surface area contributed by atoms with Crippen molar-refractivity contribution in [2.24, 2.45) is 0 Å². The van der Waals surface area contributed by atoms with E-state index in [0.717, 1.165) is 0 Å². The molecule has 0 aromatic heterocycles. The molecule has 0 aliphatic heterocycles. The number of halogens is 2. The zero-order chi connectivity index (χ0) is 14.8. The summed E-state index contributed by atoms with van der Waals surface area (Å²) in [6.45, 7) is 1.72. The van der Waals surface area contributed by atoms with Crippen LogP contribution in [0.2, 0.25) is 0 Å². The lowest BCUT2D eigenvalue weighted by Crippen LogP contribution is -2.27. The molecule has 0 aliphatic rings. The van der Waals surface area contributed by atoms with Gasteiger partial charge in [0.05, 0.1) is 7.11 Å². The molecule has 1 unspecified atom stereocenters. The van der Waals surface area contributed by atoms with E-state index in [1.807, 2.05) is 0 Å². The molecule has 0 radical (unpaired) electrons. The first-order valence-electron chi connectivity index (χ1n) is 6.34. The van der Waals surface area contributed by atoms with Gasteiger partial charge in [0.25, 0.3) is 0 Å². The fourth-order valence-electron chi connectivity index (χ4n) is 2.27. The van der Waals surface area contributed by atoms with Gasteiger partial charge < -0.3 is 9.84 Å². The minimum absolute atomic E-state index is 0.0840. The number of benzene rings is 2. The van der Waals surface area contributed by atoms with Gasteiger partial charge in [-0.2, -0.15) is 0 Å². The lowest BCUT2D eigenvalue weighted by atomic mass is 9.84. The molecule has 2 rings (SSSR count). The van der Waals surface area contributed by atoms with Crippen molar-refractivity contribution in [1.82, 2.24) is 0 Å². The van der Waals surface area contributed by atoms with Crippen molar-refractivity contribution in [3.63, 3.8) is 0 Å². The van der Waals surface area contributed by atoms with Crippen LogP contribution in [0.1, 0.15) is 24.5 Å². The fourth-order valence-corrected chi connectivity index (χ4v) is 2.27. The highest BCUT2D eigenvalue weighted by molar-refractivity contribution is 5.40. The Morgan fingerprint density at radius 3 is 2.35 bits per heavy atom. The minimum Gasteiger partial charge on any atom is -0.494 e. The molecule has 1 atom stereocenters. The summed E-state index contributed by atoms with van der Waals surface area (Å²) in [6, 6.07) is 10.1. The van der Waals surface area contributed by atoms with Gasteiger partial charge >= 0.3 is 0 Å². The number of methoxy groups -OCH3 is 1. The standard InChI is InChI=1S/C16H16F2O2/c1-3-16(19,12-6-4-5-7-13(12)17)11-8-9-15(20-2)14(18)10-11/h4-10,19H,3H2,1-2H3. The van der Waals surface area contributed by atoms with Crippen molar-refractivity contribution in [2.45, 2.75) is 18.9 Å². The molecule has 2 nitrogen and oxygen atoms in total. The lowest BCUT2D eigenvalue weighted by Gasteiger charge is -2.28. The predicted molar refractivity (Wildman–Crippen MR) is 72.6 cm³/mol. The monoisotopic (exact) mass is 278 g/mol. The molecule has 0 spiro atoms. The smallest absolute Gasteiger partial charge is 0.165 e. The van der Waals surface area contributed by atoms with E-state index in [4.69, 9.17) is 4.74 Å². The van der Waals surface area contributed by atoms with E-state index in [2.05, 4.69) is 0 Å². The number of rotatable bonds is 4. The SMILES string of the molecule is CCC(O)(c1ccc(OC)c(F)c1)c1ccccc1F. The Bertz CT molecular complexity index is 613. The highest BCUT2D eigenvalue weighted by atomic mass is 19.1. The second kappa shape index (κ2) is 5.59. The second-order valence-corrected chi connectivity index (χ2v) is 4.54. The van der Waals surface area contributed by atoms with E-state index in [0.29, 0.717) is 5.56 Å². The molecule has 2 aromatic carbocycles. The number of aliphatic hydroxyl groups is 1. The van der Waals surface area contributed by atoms with E-state index in [1.54, 1.807) is 19.1 Å².